The second-order valence-electron chi connectivity index (χ2n) is 15.9. The van der Waals surface area contributed by atoms with Crippen molar-refractivity contribution >= 4 is 17.9 Å². The van der Waals surface area contributed by atoms with Crippen LogP contribution in [-0.2, 0) is 28.6 Å². The standard InChI is InChI=1S/C59H88O6/c1-4-7-10-13-16-19-22-25-27-28-29-30-32-34-37-40-43-46-49-52-58(61)64-55-56(54-63-57(60)51-48-45-42-39-36-33-24-21-18-15-12-9-6-3)65-59(62)53-50-47-44-41-38-35-31-26-23-20-17-14-11-8-5-2/h7-25,27-30,32,34,37,56H,4-6,26,31,33,35-36,38-55H2,1-3H3/b10-7-,11-8-,12-9-,16-13-,17-14-,18-15-,22-19-,23-20-,24-21-,27-25-,29-28+,32-30-,37-34-. The van der Waals surface area contributed by atoms with Gasteiger partial charge in [0, 0.05) is 19.3 Å². The molecule has 0 aromatic carbocycles. The lowest BCUT2D eigenvalue weighted by Crippen LogP contribution is -2.30. The van der Waals surface area contributed by atoms with E-state index >= 15 is 0 Å². The van der Waals surface area contributed by atoms with Gasteiger partial charge in [0.15, 0.2) is 6.10 Å². The Labute approximate surface area is 397 Å². The summed E-state index contributed by atoms with van der Waals surface area (Å²) in [6.07, 6.45) is 75.0. The molecule has 6 heteroatoms. The Morgan fingerprint density at radius 1 is 0.308 bits per heavy atom. The average Bonchev–Trinajstić information content (AvgIpc) is 3.30. The minimum atomic E-state index is -0.820. The SMILES string of the molecule is CC\C=C/C=C\C=C/C=C\C=C\C=C/C=C\CCCCCC(=O)OCC(COC(=O)CCCCCCC\C=C/C=C\C=C/CC)OC(=O)CCCCCCCCC\C=C/C=C\C=C/CC. The summed E-state index contributed by atoms with van der Waals surface area (Å²) in [5.41, 5.74) is 0. The molecule has 360 valence electrons. The average molecular weight is 893 g/mol. The molecule has 0 spiro atoms. The molecule has 65 heavy (non-hydrogen) atoms. The fourth-order valence-corrected chi connectivity index (χ4v) is 6.13. The zero-order chi connectivity index (χ0) is 47.2. The van der Waals surface area contributed by atoms with Gasteiger partial charge in [-0.25, -0.2) is 0 Å². The summed E-state index contributed by atoms with van der Waals surface area (Å²) in [7, 11) is 0. The van der Waals surface area contributed by atoms with Crippen molar-refractivity contribution in [2.45, 2.75) is 181 Å². The van der Waals surface area contributed by atoms with Gasteiger partial charge in [0.25, 0.3) is 0 Å². The zero-order valence-electron chi connectivity index (χ0n) is 40.9. The highest BCUT2D eigenvalue weighted by atomic mass is 16.6. The van der Waals surface area contributed by atoms with Crippen LogP contribution in [0.3, 0.4) is 0 Å². The van der Waals surface area contributed by atoms with Crippen LogP contribution in [0.4, 0.5) is 0 Å². The van der Waals surface area contributed by atoms with E-state index in [0.717, 1.165) is 109 Å². The van der Waals surface area contributed by atoms with Gasteiger partial charge in [-0.1, -0.05) is 237 Å². The third-order valence-corrected chi connectivity index (χ3v) is 9.83. The number of carbonyl (C=O) groups excluding carboxylic acids is 3. The number of hydrogen-bond acceptors (Lipinski definition) is 6. The third kappa shape index (κ3) is 49.9. The molecule has 0 aliphatic heterocycles. The van der Waals surface area contributed by atoms with Crippen LogP contribution < -0.4 is 0 Å². The summed E-state index contributed by atoms with van der Waals surface area (Å²) in [6.45, 7) is 6.13. The number of allylic oxidation sites excluding steroid dienone is 26. The maximum Gasteiger partial charge on any atom is 0.306 e. The zero-order valence-corrected chi connectivity index (χ0v) is 40.9. The Balaban J connectivity index is 4.58. The molecule has 0 aromatic heterocycles. The van der Waals surface area contributed by atoms with E-state index in [9.17, 15) is 14.4 Å². The van der Waals surface area contributed by atoms with Crippen LogP contribution in [0.25, 0.3) is 0 Å². The van der Waals surface area contributed by atoms with E-state index in [1.54, 1.807) is 0 Å². The molecule has 0 radical (unpaired) electrons. The summed E-state index contributed by atoms with van der Waals surface area (Å²) in [5.74, 6) is -1.01. The highest BCUT2D eigenvalue weighted by Crippen LogP contribution is 2.13. The molecule has 0 bridgehead atoms. The Bertz CT molecular complexity index is 1540. The molecule has 0 aromatic rings. The van der Waals surface area contributed by atoms with Crippen molar-refractivity contribution in [3.63, 3.8) is 0 Å². The van der Waals surface area contributed by atoms with Crippen LogP contribution in [-0.4, -0.2) is 37.2 Å². The molecule has 0 fully saturated rings. The van der Waals surface area contributed by atoms with Gasteiger partial charge in [-0.3, -0.25) is 14.4 Å². The van der Waals surface area contributed by atoms with Crippen LogP contribution in [0.2, 0.25) is 0 Å². The molecule has 0 N–H and O–H groups in total. The second-order valence-corrected chi connectivity index (χ2v) is 15.9. The summed E-state index contributed by atoms with van der Waals surface area (Å²) in [6, 6.07) is 0. The quantitative estimate of drug-likeness (QED) is 0.0263. The monoisotopic (exact) mass is 893 g/mol. The van der Waals surface area contributed by atoms with Gasteiger partial charge in [0.2, 0.25) is 0 Å². The van der Waals surface area contributed by atoms with Crippen molar-refractivity contribution in [1.29, 1.82) is 0 Å². The Morgan fingerprint density at radius 3 is 0.877 bits per heavy atom. The lowest BCUT2D eigenvalue weighted by molar-refractivity contribution is -0.167. The van der Waals surface area contributed by atoms with E-state index < -0.39 is 6.10 Å². The first-order valence-electron chi connectivity index (χ1n) is 25.2. The summed E-state index contributed by atoms with van der Waals surface area (Å²) < 4.78 is 16.7. The molecule has 0 rings (SSSR count). The maximum absolute atomic E-state index is 12.8. The molecular formula is C59H88O6. The largest absolute Gasteiger partial charge is 0.462 e. The number of unbranched alkanes of at least 4 members (excludes halogenated alkanes) is 15. The topological polar surface area (TPSA) is 78.9 Å². The van der Waals surface area contributed by atoms with Crippen molar-refractivity contribution in [1.82, 2.24) is 0 Å². The van der Waals surface area contributed by atoms with Crippen LogP contribution in [0.15, 0.2) is 158 Å². The summed E-state index contributed by atoms with van der Waals surface area (Å²) in [4.78, 5) is 38.0. The van der Waals surface area contributed by atoms with Gasteiger partial charge < -0.3 is 14.2 Å². The van der Waals surface area contributed by atoms with Gasteiger partial charge in [0.1, 0.15) is 13.2 Å². The van der Waals surface area contributed by atoms with Crippen molar-refractivity contribution in [2.24, 2.45) is 0 Å². The number of carbonyl (C=O) groups is 3. The smallest absolute Gasteiger partial charge is 0.306 e. The molecule has 0 aliphatic carbocycles. The minimum Gasteiger partial charge on any atom is -0.462 e. The second kappa shape index (κ2) is 51.7. The number of rotatable bonds is 42. The van der Waals surface area contributed by atoms with Crippen molar-refractivity contribution < 1.29 is 28.6 Å². The molecule has 0 aliphatic rings. The lowest BCUT2D eigenvalue weighted by atomic mass is 10.1. The van der Waals surface area contributed by atoms with Gasteiger partial charge in [-0.2, -0.15) is 0 Å². The predicted molar refractivity (Wildman–Crippen MR) is 278 cm³/mol. The van der Waals surface area contributed by atoms with E-state index in [2.05, 4.69) is 99.8 Å². The Hall–Kier alpha value is -4.97. The third-order valence-electron chi connectivity index (χ3n) is 9.83. The van der Waals surface area contributed by atoms with E-state index in [4.69, 9.17) is 14.2 Å². The van der Waals surface area contributed by atoms with Crippen LogP contribution in [0, 0.1) is 0 Å². The first-order valence-corrected chi connectivity index (χ1v) is 25.2. The van der Waals surface area contributed by atoms with Crippen LogP contribution in [0.5, 0.6) is 0 Å². The van der Waals surface area contributed by atoms with Crippen LogP contribution in [0.1, 0.15) is 175 Å². The highest BCUT2D eigenvalue weighted by molar-refractivity contribution is 5.71. The highest BCUT2D eigenvalue weighted by Gasteiger charge is 2.19. The molecule has 1 atom stereocenters. The summed E-state index contributed by atoms with van der Waals surface area (Å²) >= 11 is 0. The minimum absolute atomic E-state index is 0.117. The molecular weight excluding hydrogens is 805 g/mol. The van der Waals surface area contributed by atoms with Crippen molar-refractivity contribution in [2.75, 3.05) is 13.2 Å². The van der Waals surface area contributed by atoms with E-state index in [-0.39, 0.29) is 31.1 Å². The molecule has 0 saturated heterocycles. The normalized spacial score (nSPS) is 13.5. The lowest BCUT2D eigenvalue weighted by Gasteiger charge is -2.18. The summed E-state index contributed by atoms with van der Waals surface area (Å²) in [5, 5.41) is 0. The molecule has 6 nitrogen and oxygen atoms in total. The van der Waals surface area contributed by atoms with Crippen molar-refractivity contribution in [3.05, 3.63) is 158 Å². The maximum atomic E-state index is 12.8. The van der Waals surface area contributed by atoms with Crippen molar-refractivity contribution in [3.8, 4) is 0 Å². The van der Waals surface area contributed by atoms with E-state index in [1.807, 2.05) is 79.0 Å². The van der Waals surface area contributed by atoms with Gasteiger partial charge in [-0.05, 0) is 77.0 Å². The fraction of sp³-hybridized carbons (Fsp3) is 0.508. The van der Waals surface area contributed by atoms with E-state index in [1.165, 1.54) is 19.3 Å². The van der Waals surface area contributed by atoms with E-state index in [0.29, 0.717) is 25.7 Å². The molecule has 0 heterocycles. The van der Waals surface area contributed by atoms with Gasteiger partial charge in [0.05, 0.1) is 0 Å². The Kier molecular flexibility index (Phi) is 47.7. The first kappa shape index (κ1) is 60.0. The van der Waals surface area contributed by atoms with Gasteiger partial charge in [-0.15, -0.1) is 0 Å². The molecule has 0 amide bonds. The van der Waals surface area contributed by atoms with Gasteiger partial charge >= 0.3 is 17.9 Å². The molecule has 1 unspecified atom stereocenters. The number of hydrogen-bond donors (Lipinski definition) is 0. The predicted octanol–water partition coefficient (Wildman–Crippen LogP) is 16.6. The Morgan fingerprint density at radius 2 is 0.554 bits per heavy atom. The molecule has 0 saturated carbocycles. The fourth-order valence-electron chi connectivity index (χ4n) is 6.13. The number of esters is 3. The number of ether oxygens (including phenoxy) is 3. The van der Waals surface area contributed by atoms with Crippen LogP contribution >= 0.6 is 0 Å². The first-order chi connectivity index (χ1) is 32.0.